The van der Waals surface area contributed by atoms with Gasteiger partial charge in [0.25, 0.3) is 0 Å². The van der Waals surface area contributed by atoms with Gasteiger partial charge in [0.15, 0.2) is 0 Å². The van der Waals surface area contributed by atoms with Gasteiger partial charge in [-0.15, -0.1) is 0 Å². The predicted molar refractivity (Wildman–Crippen MR) is 36.0 cm³/mol. The zero-order chi connectivity index (χ0) is 5.11. The third-order valence-corrected chi connectivity index (χ3v) is 0.607. The van der Waals surface area contributed by atoms with E-state index in [1.165, 1.54) is 0 Å². The van der Waals surface area contributed by atoms with Crippen molar-refractivity contribution >= 4 is 13.3 Å². The van der Waals surface area contributed by atoms with Crippen molar-refractivity contribution in [3.63, 3.8) is 0 Å². The molecule has 0 aliphatic rings. The van der Waals surface area contributed by atoms with Crippen LogP contribution in [-0.4, -0.2) is 7.85 Å². The Bertz CT molecular complexity index is 138. The standard InChI is InChI=1S/C6H8B.Li/c7-6-4-2-1-3-5-6;/h1-5H,7H3;/q-1;+1. The van der Waals surface area contributed by atoms with E-state index < -0.39 is 0 Å². The quantitative estimate of drug-likeness (QED) is 0.298. The molecule has 0 amide bonds. The van der Waals surface area contributed by atoms with E-state index in [1.807, 2.05) is 0 Å². The minimum Gasteiger partial charge on any atom is -0.221 e. The van der Waals surface area contributed by atoms with Crippen LogP contribution in [0.5, 0.6) is 0 Å². The van der Waals surface area contributed by atoms with Crippen LogP contribution < -0.4 is 24.3 Å². The maximum absolute atomic E-state index is 2.19. The molecule has 2 heteroatoms. The van der Waals surface area contributed by atoms with Crippen molar-refractivity contribution in [1.82, 2.24) is 0 Å². The van der Waals surface area contributed by atoms with Crippen molar-refractivity contribution < 1.29 is 18.9 Å². The first-order valence-electron chi connectivity index (χ1n) is 1.91. The molecule has 0 nitrogen and oxygen atoms in total. The van der Waals surface area contributed by atoms with Crippen molar-refractivity contribution in [2.75, 3.05) is 0 Å². The van der Waals surface area contributed by atoms with E-state index in [2.05, 4.69) is 30.3 Å². The first kappa shape index (κ1) is 7.88. The van der Waals surface area contributed by atoms with Crippen molar-refractivity contribution in [2.45, 2.75) is 0 Å². The molecule has 1 aromatic carbocycles. The van der Waals surface area contributed by atoms with Crippen LogP contribution in [0.4, 0.5) is 0 Å². The molecule has 0 heterocycles. The summed E-state index contributed by atoms with van der Waals surface area (Å²) in [5.74, 6) is 0. The molecule has 0 saturated carbocycles. The van der Waals surface area contributed by atoms with Gasteiger partial charge in [0.2, 0.25) is 0 Å². The fourth-order valence-corrected chi connectivity index (χ4v) is 0.342. The van der Waals surface area contributed by atoms with E-state index in [0.29, 0.717) is 7.85 Å². The molecule has 0 N–H and O–H groups in total. The van der Waals surface area contributed by atoms with Crippen LogP contribution in [-0.2, 0) is 0 Å². The molecule has 0 saturated heterocycles. The molecule has 1 rings (SSSR count). The van der Waals surface area contributed by atoms with Gasteiger partial charge in [0.1, 0.15) is 0 Å². The monoisotopic (exact) mass is 98.1 g/mol. The molecule has 0 aliphatic heterocycles. The SMILES string of the molecule is [BH3-]c1ccccc1.[Li+]. The number of hydrogen-bond donors (Lipinski definition) is 0. The van der Waals surface area contributed by atoms with Crippen LogP contribution in [0.1, 0.15) is 0 Å². The van der Waals surface area contributed by atoms with E-state index in [9.17, 15) is 0 Å². The fourth-order valence-electron chi connectivity index (χ4n) is 0.342. The van der Waals surface area contributed by atoms with Gasteiger partial charge in [0, 0.05) is 0 Å². The smallest absolute Gasteiger partial charge is 0.221 e. The molecule has 0 radical (unpaired) electrons. The van der Waals surface area contributed by atoms with Crippen LogP contribution in [0.3, 0.4) is 0 Å². The van der Waals surface area contributed by atoms with Crippen molar-refractivity contribution in [3.8, 4) is 0 Å². The summed E-state index contributed by atoms with van der Waals surface area (Å²) in [4.78, 5) is 0. The van der Waals surface area contributed by atoms with Gasteiger partial charge in [-0.3, -0.25) is 0 Å². The molecule has 0 aromatic heterocycles. The molecule has 1 aromatic rings. The summed E-state index contributed by atoms with van der Waals surface area (Å²) in [6.07, 6.45) is 0. The summed E-state index contributed by atoms with van der Waals surface area (Å²) >= 11 is 0. The van der Waals surface area contributed by atoms with Crippen LogP contribution in [0.15, 0.2) is 30.3 Å². The molecule has 0 fully saturated rings. The van der Waals surface area contributed by atoms with Crippen LogP contribution in [0.2, 0.25) is 0 Å². The van der Waals surface area contributed by atoms with Gasteiger partial charge < -0.3 is 0 Å². The molecular formula is C6H8BLi. The third-order valence-electron chi connectivity index (χ3n) is 0.607. The Labute approximate surface area is 62.9 Å². The number of hydrogen-bond acceptors (Lipinski definition) is 0. The minimum atomic E-state index is 0. The summed E-state index contributed by atoms with van der Waals surface area (Å²) in [5, 5.41) is 0. The number of benzene rings is 1. The van der Waals surface area contributed by atoms with Gasteiger partial charge in [-0.05, 0) is 7.85 Å². The van der Waals surface area contributed by atoms with Crippen molar-refractivity contribution in [1.29, 1.82) is 0 Å². The largest absolute Gasteiger partial charge is 1.00 e. The normalized spacial score (nSPS) is 7.62. The summed E-state index contributed by atoms with van der Waals surface area (Å²) in [5.41, 5.74) is 1.57. The summed E-state index contributed by atoms with van der Waals surface area (Å²) in [7, 11) is 0.446. The fraction of sp³-hybridized carbons (Fsp3) is 0. The van der Waals surface area contributed by atoms with E-state index in [0.717, 1.165) is 0 Å². The molecule has 36 valence electrons. The maximum atomic E-state index is 2.19. The average Bonchev–Trinajstić information content (AvgIpc) is 1.69. The van der Waals surface area contributed by atoms with Crippen LogP contribution in [0.25, 0.3) is 0 Å². The Kier molecular flexibility index (Phi) is 3.78. The zero-order valence-electron chi connectivity index (χ0n) is 4.39. The Morgan fingerprint density at radius 1 is 1.00 bits per heavy atom. The summed E-state index contributed by atoms with van der Waals surface area (Å²) < 4.78 is 0. The summed E-state index contributed by atoms with van der Waals surface area (Å²) in [6.45, 7) is 0. The Balaban J connectivity index is 0.000000490. The van der Waals surface area contributed by atoms with E-state index in [-0.39, 0.29) is 18.9 Å². The Hall–Kier alpha value is -0.118. The van der Waals surface area contributed by atoms with E-state index >= 15 is 0 Å². The molecule has 0 atom stereocenters. The Morgan fingerprint density at radius 2 is 1.50 bits per heavy atom. The number of rotatable bonds is 0. The first-order valence-corrected chi connectivity index (χ1v) is 1.91. The molecule has 0 spiro atoms. The molecule has 0 aliphatic carbocycles. The minimum absolute atomic E-state index is 0. The van der Waals surface area contributed by atoms with Gasteiger partial charge in [-0.1, -0.05) is 30.3 Å². The molecular weight excluding hydrogens is 89.8 g/mol. The zero-order valence-corrected chi connectivity index (χ0v) is 4.39. The van der Waals surface area contributed by atoms with Gasteiger partial charge in [-0.2, -0.15) is 0 Å². The van der Waals surface area contributed by atoms with Gasteiger partial charge in [0.05, 0.1) is 0 Å². The van der Waals surface area contributed by atoms with Gasteiger partial charge >= 0.3 is 18.9 Å². The van der Waals surface area contributed by atoms with E-state index in [4.69, 9.17) is 0 Å². The second-order valence-electron chi connectivity index (χ2n) is 1.08. The molecule has 0 unspecified atom stereocenters. The van der Waals surface area contributed by atoms with Crippen LogP contribution in [0, 0.1) is 0 Å². The molecule has 8 heavy (non-hydrogen) atoms. The van der Waals surface area contributed by atoms with Crippen molar-refractivity contribution in [3.05, 3.63) is 30.3 Å². The van der Waals surface area contributed by atoms with Gasteiger partial charge in [-0.25, -0.2) is 5.46 Å². The molecule has 0 bridgehead atoms. The topological polar surface area (TPSA) is 0 Å². The van der Waals surface area contributed by atoms with E-state index in [1.54, 1.807) is 5.46 Å². The maximum Gasteiger partial charge on any atom is 1.00 e. The first-order chi connectivity index (χ1) is 3.39. The average molecular weight is 97.9 g/mol. The Morgan fingerprint density at radius 3 is 1.75 bits per heavy atom. The van der Waals surface area contributed by atoms with Crippen LogP contribution >= 0.6 is 0 Å². The van der Waals surface area contributed by atoms with Crippen molar-refractivity contribution in [2.24, 2.45) is 0 Å². The summed E-state index contributed by atoms with van der Waals surface area (Å²) in [6, 6.07) is 10.6. The predicted octanol–water partition coefficient (Wildman–Crippen LogP) is -3.32. The second-order valence-corrected chi connectivity index (χ2v) is 1.08. The third kappa shape index (κ3) is 2.26. The second kappa shape index (κ2) is 3.83.